The Morgan fingerprint density at radius 2 is 1.86 bits per heavy atom. The van der Waals surface area contributed by atoms with Crippen LogP contribution in [0.3, 0.4) is 0 Å². The van der Waals surface area contributed by atoms with Crippen molar-refractivity contribution in [3.8, 4) is 11.4 Å². The molecule has 21 heavy (non-hydrogen) atoms. The second-order valence-electron chi connectivity index (χ2n) is 4.78. The van der Waals surface area contributed by atoms with Crippen molar-refractivity contribution in [3.05, 3.63) is 47.1 Å². The largest absolute Gasteiger partial charge is 0.393 e. The van der Waals surface area contributed by atoms with E-state index in [-0.39, 0.29) is 5.56 Å². The predicted molar refractivity (Wildman–Crippen MR) is 77.3 cm³/mol. The minimum atomic E-state index is -4.22. The second-order valence-corrected chi connectivity index (χ2v) is 6.03. The number of rotatable bonds is 2. The van der Waals surface area contributed by atoms with Crippen molar-refractivity contribution in [2.24, 2.45) is 0 Å². The molecule has 3 aromatic rings. The minimum Gasteiger partial charge on any atom is -0.255 e. The van der Waals surface area contributed by atoms with Crippen molar-refractivity contribution in [2.75, 3.05) is 0 Å². The molecule has 0 saturated carbocycles. The van der Waals surface area contributed by atoms with Gasteiger partial charge in [-0.15, -0.1) is 11.3 Å². The molecule has 0 saturated heterocycles. The summed E-state index contributed by atoms with van der Waals surface area (Å²) in [6, 6.07) is 6.77. The Kier molecular flexibility index (Phi) is 3.41. The lowest BCUT2D eigenvalue weighted by Crippen LogP contribution is -2.11. The van der Waals surface area contributed by atoms with E-state index in [1.54, 1.807) is 17.5 Å². The van der Waals surface area contributed by atoms with Gasteiger partial charge in [0, 0.05) is 17.3 Å². The highest BCUT2D eigenvalue weighted by molar-refractivity contribution is 7.19. The first-order chi connectivity index (χ1) is 9.92. The molecule has 0 N–H and O–H groups in total. The number of aryl methyl sites for hydroxylation is 1. The van der Waals surface area contributed by atoms with Gasteiger partial charge >= 0.3 is 6.18 Å². The van der Waals surface area contributed by atoms with Crippen LogP contribution in [-0.2, 0) is 6.42 Å². The molecule has 6 heteroatoms. The van der Waals surface area contributed by atoms with E-state index in [4.69, 9.17) is 0 Å². The SMILES string of the molecule is Cc1cc2ccnc(-c3cc(CC(F)(F)F)ccn3)c2s1. The van der Waals surface area contributed by atoms with E-state index in [0.717, 1.165) is 15.0 Å². The van der Waals surface area contributed by atoms with Crippen molar-refractivity contribution in [1.82, 2.24) is 9.97 Å². The summed E-state index contributed by atoms with van der Waals surface area (Å²) < 4.78 is 38.4. The summed E-state index contributed by atoms with van der Waals surface area (Å²) in [7, 11) is 0. The molecule has 0 aliphatic heterocycles. The maximum absolute atomic E-state index is 12.5. The molecule has 0 aliphatic carbocycles. The molecule has 0 spiro atoms. The quantitative estimate of drug-likeness (QED) is 0.681. The number of alkyl halides is 3. The van der Waals surface area contributed by atoms with Gasteiger partial charge in [-0.25, -0.2) is 0 Å². The molecule has 0 radical (unpaired) electrons. The highest BCUT2D eigenvalue weighted by Gasteiger charge is 2.27. The fourth-order valence-electron chi connectivity index (χ4n) is 2.22. The van der Waals surface area contributed by atoms with Gasteiger partial charge in [-0.3, -0.25) is 9.97 Å². The van der Waals surface area contributed by atoms with E-state index in [1.165, 1.54) is 18.3 Å². The molecule has 0 aliphatic rings. The number of thiophene rings is 1. The van der Waals surface area contributed by atoms with Gasteiger partial charge in [-0.2, -0.15) is 13.2 Å². The van der Waals surface area contributed by atoms with Crippen molar-refractivity contribution in [1.29, 1.82) is 0 Å². The third-order valence-electron chi connectivity index (χ3n) is 3.03. The molecule has 0 amide bonds. The van der Waals surface area contributed by atoms with Crippen LogP contribution in [0.25, 0.3) is 21.5 Å². The Labute approximate surface area is 123 Å². The number of hydrogen-bond acceptors (Lipinski definition) is 3. The average Bonchev–Trinajstić information content (AvgIpc) is 2.76. The first-order valence-electron chi connectivity index (χ1n) is 6.29. The summed E-state index contributed by atoms with van der Waals surface area (Å²) in [6.45, 7) is 1.99. The first-order valence-corrected chi connectivity index (χ1v) is 7.11. The number of halogens is 3. The summed E-state index contributed by atoms with van der Waals surface area (Å²) >= 11 is 1.57. The zero-order chi connectivity index (χ0) is 15.0. The molecule has 0 aromatic carbocycles. The molecule has 0 atom stereocenters. The molecule has 3 rings (SSSR count). The van der Waals surface area contributed by atoms with Crippen LogP contribution in [0.2, 0.25) is 0 Å². The summed E-state index contributed by atoms with van der Waals surface area (Å²) in [5.41, 5.74) is 1.30. The van der Waals surface area contributed by atoms with Gasteiger partial charge in [0.05, 0.1) is 16.8 Å². The van der Waals surface area contributed by atoms with Crippen LogP contribution in [-0.4, -0.2) is 16.1 Å². The summed E-state index contributed by atoms with van der Waals surface area (Å²) in [6.07, 6.45) is -2.13. The van der Waals surface area contributed by atoms with E-state index in [2.05, 4.69) is 9.97 Å². The number of aromatic nitrogens is 2. The Hall–Kier alpha value is -1.95. The molecule has 2 nitrogen and oxygen atoms in total. The summed E-state index contributed by atoms with van der Waals surface area (Å²) in [5.74, 6) is 0. The third-order valence-corrected chi connectivity index (χ3v) is 4.10. The smallest absolute Gasteiger partial charge is 0.255 e. The van der Waals surface area contributed by atoms with Crippen LogP contribution in [0.4, 0.5) is 13.2 Å². The van der Waals surface area contributed by atoms with Gasteiger partial charge in [-0.05, 0) is 42.1 Å². The van der Waals surface area contributed by atoms with Gasteiger partial charge in [0.1, 0.15) is 5.69 Å². The zero-order valence-corrected chi connectivity index (χ0v) is 11.9. The van der Waals surface area contributed by atoms with Crippen LogP contribution < -0.4 is 0 Å². The standard InChI is InChI=1S/C15H11F3N2S/c1-9-6-11-3-5-20-13(14(11)21-9)12-7-10(2-4-19-12)8-15(16,17)18/h2-7H,8H2,1H3. The lowest BCUT2D eigenvalue weighted by molar-refractivity contribution is -0.127. The maximum atomic E-state index is 12.5. The van der Waals surface area contributed by atoms with E-state index >= 15 is 0 Å². The summed E-state index contributed by atoms with van der Waals surface area (Å²) in [5, 5.41) is 1.03. The molecule has 108 valence electrons. The van der Waals surface area contributed by atoms with E-state index < -0.39 is 12.6 Å². The highest BCUT2D eigenvalue weighted by Crippen LogP contribution is 2.32. The maximum Gasteiger partial charge on any atom is 0.393 e. The molecular weight excluding hydrogens is 297 g/mol. The minimum absolute atomic E-state index is 0.194. The molecular formula is C15H11F3N2S. The average molecular weight is 308 g/mol. The summed E-state index contributed by atoms with van der Waals surface area (Å²) in [4.78, 5) is 9.60. The van der Waals surface area contributed by atoms with Gasteiger partial charge in [0.2, 0.25) is 0 Å². The fraction of sp³-hybridized carbons (Fsp3) is 0.200. The van der Waals surface area contributed by atoms with Crippen molar-refractivity contribution in [2.45, 2.75) is 19.5 Å². The van der Waals surface area contributed by atoms with Gasteiger partial charge < -0.3 is 0 Å². The Bertz CT molecular complexity index is 793. The highest BCUT2D eigenvalue weighted by atomic mass is 32.1. The van der Waals surface area contributed by atoms with Crippen LogP contribution >= 0.6 is 11.3 Å². The van der Waals surface area contributed by atoms with Crippen LogP contribution in [0.1, 0.15) is 10.4 Å². The number of pyridine rings is 2. The third kappa shape index (κ3) is 3.05. The molecule has 0 bridgehead atoms. The van der Waals surface area contributed by atoms with Crippen molar-refractivity contribution < 1.29 is 13.2 Å². The number of fused-ring (bicyclic) bond motifs is 1. The lowest BCUT2D eigenvalue weighted by atomic mass is 10.1. The van der Waals surface area contributed by atoms with Crippen LogP contribution in [0, 0.1) is 6.92 Å². The van der Waals surface area contributed by atoms with Crippen molar-refractivity contribution in [3.63, 3.8) is 0 Å². The fourth-order valence-corrected chi connectivity index (χ4v) is 3.23. The molecule has 0 fully saturated rings. The zero-order valence-electron chi connectivity index (χ0n) is 11.1. The second kappa shape index (κ2) is 5.11. The molecule has 0 unspecified atom stereocenters. The molecule has 3 aromatic heterocycles. The van der Waals surface area contributed by atoms with E-state index in [1.807, 2.05) is 19.1 Å². The monoisotopic (exact) mass is 308 g/mol. The van der Waals surface area contributed by atoms with Crippen LogP contribution in [0.15, 0.2) is 36.7 Å². The Balaban J connectivity index is 2.08. The van der Waals surface area contributed by atoms with Crippen LogP contribution in [0.5, 0.6) is 0 Å². The predicted octanol–water partition coefficient (Wildman–Crippen LogP) is 4.77. The lowest BCUT2D eigenvalue weighted by Gasteiger charge is -2.08. The van der Waals surface area contributed by atoms with Crippen molar-refractivity contribution >= 4 is 21.4 Å². The number of nitrogens with zero attached hydrogens (tertiary/aromatic N) is 2. The Morgan fingerprint density at radius 1 is 1.10 bits per heavy atom. The number of hydrogen-bond donors (Lipinski definition) is 0. The van der Waals surface area contributed by atoms with Gasteiger partial charge in [0.25, 0.3) is 0 Å². The topological polar surface area (TPSA) is 25.8 Å². The van der Waals surface area contributed by atoms with Gasteiger partial charge in [0.15, 0.2) is 0 Å². The molecule has 3 heterocycles. The Morgan fingerprint density at radius 3 is 2.62 bits per heavy atom. The normalized spacial score (nSPS) is 12.0. The van der Waals surface area contributed by atoms with Gasteiger partial charge in [-0.1, -0.05) is 0 Å². The van der Waals surface area contributed by atoms with E-state index in [9.17, 15) is 13.2 Å². The first kappa shape index (κ1) is 14.0. The van der Waals surface area contributed by atoms with E-state index in [0.29, 0.717) is 11.4 Å².